The third-order valence-corrected chi connectivity index (χ3v) is 2.72. The second kappa shape index (κ2) is 5.14. The van der Waals surface area contributed by atoms with E-state index in [4.69, 9.17) is 5.11 Å². The fourth-order valence-corrected chi connectivity index (χ4v) is 1.51. The first-order chi connectivity index (χ1) is 8.20. The van der Waals surface area contributed by atoms with Gasteiger partial charge < -0.3 is 15.3 Å². The lowest BCUT2D eigenvalue weighted by Crippen LogP contribution is -2.29. The Balaban J connectivity index is 1.98. The van der Waals surface area contributed by atoms with Crippen LogP contribution in [0.1, 0.15) is 23.2 Å². The predicted molar refractivity (Wildman–Crippen MR) is 64.9 cm³/mol. The van der Waals surface area contributed by atoms with Gasteiger partial charge in [0.05, 0.1) is 12.2 Å². The largest absolute Gasteiger partial charge is 0.395 e. The van der Waals surface area contributed by atoms with E-state index in [1.165, 1.54) is 17.7 Å². The van der Waals surface area contributed by atoms with E-state index in [-0.39, 0.29) is 12.5 Å². The number of carbonyl (C=O) groups is 1. The zero-order chi connectivity index (χ0) is 12.3. The van der Waals surface area contributed by atoms with E-state index in [2.05, 4.69) is 10.3 Å². The number of aliphatic hydroxyl groups excluding tert-OH is 1. The minimum atomic E-state index is -0.121. The number of nitrogens with zero attached hydrogens (tertiary/aromatic N) is 2. The van der Waals surface area contributed by atoms with Crippen LogP contribution < -0.4 is 5.32 Å². The van der Waals surface area contributed by atoms with Gasteiger partial charge in [-0.1, -0.05) is 0 Å². The van der Waals surface area contributed by atoms with Crippen LogP contribution in [0.4, 0.5) is 5.82 Å². The van der Waals surface area contributed by atoms with Crippen molar-refractivity contribution in [2.45, 2.75) is 18.9 Å². The number of nitrogens with one attached hydrogen (secondary N) is 1. The summed E-state index contributed by atoms with van der Waals surface area (Å²) in [5, 5.41) is 12.0. The van der Waals surface area contributed by atoms with Crippen molar-refractivity contribution in [2.24, 2.45) is 0 Å². The molecule has 0 spiro atoms. The van der Waals surface area contributed by atoms with Crippen LogP contribution in [0.15, 0.2) is 18.3 Å². The Labute approximate surface area is 100 Å². The highest BCUT2D eigenvalue weighted by molar-refractivity contribution is 5.93. The average molecular weight is 235 g/mol. The summed E-state index contributed by atoms with van der Waals surface area (Å²) in [5.74, 6) is 0.693. The minimum Gasteiger partial charge on any atom is -0.395 e. The zero-order valence-corrected chi connectivity index (χ0v) is 9.89. The molecule has 0 aromatic carbocycles. The monoisotopic (exact) mass is 235 g/mol. The molecule has 1 heterocycles. The van der Waals surface area contributed by atoms with Crippen LogP contribution in [0.25, 0.3) is 0 Å². The minimum absolute atomic E-state index is 0.0308. The van der Waals surface area contributed by atoms with Crippen molar-refractivity contribution < 1.29 is 9.90 Å². The number of aromatic nitrogens is 1. The maximum absolute atomic E-state index is 11.8. The van der Waals surface area contributed by atoms with Crippen molar-refractivity contribution >= 4 is 11.7 Å². The van der Waals surface area contributed by atoms with Gasteiger partial charge in [0, 0.05) is 25.8 Å². The fraction of sp³-hybridized carbons (Fsp3) is 0.500. The molecule has 0 radical (unpaired) electrons. The van der Waals surface area contributed by atoms with Crippen molar-refractivity contribution in [3.8, 4) is 0 Å². The lowest BCUT2D eigenvalue weighted by Gasteiger charge is -2.15. The summed E-state index contributed by atoms with van der Waals surface area (Å²) in [5.41, 5.74) is 0.544. The summed E-state index contributed by atoms with van der Waals surface area (Å²) >= 11 is 0. The van der Waals surface area contributed by atoms with Gasteiger partial charge in [0.2, 0.25) is 0 Å². The van der Waals surface area contributed by atoms with Gasteiger partial charge in [-0.15, -0.1) is 0 Å². The van der Waals surface area contributed by atoms with Crippen LogP contribution in [0.3, 0.4) is 0 Å². The summed E-state index contributed by atoms with van der Waals surface area (Å²) in [6.07, 6.45) is 3.96. The van der Waals surface area contributed by atoms with Crippen molar-refractivity contribution in [3.05, 3.63) is 23.9 Å². The maximum atomic E-state index is 11.8. The summed E-state index contributed by atoms with van der Waals surface area (Å²) in [4.78, 5) is 17.5. The molecule has 1 aromatic heterocycles. The van der Waals surface area contributed by atoms with Crippen LogP contribution in [0.2, 0.25) is 0 Å². The molecule has 2 N–H and O–H groups in total. The van der Waals surface area contributed by atoms with E-state index in [0.717, 1.165) is 5.82 Å². The second-order valence-corrected chi connectivity index (χ2v) is 4.30. The third kappa shape index (κ3) is 3.17. The number of amides is 1. The molecule has 92 valence electrons. The summed E-state index contributed by atoms with van der Waals surface area (Å²) in [6, 6.07) is 4.13. The Morgan fingerprint density at radius 1 is 1.59 bits per heavy atom. The fourth-order valence-electron chi connectivity index (χ4n) is 1.51. The Hall–Kier alpha value is -1.62. The van der Waals surface area contributed by atoms with E-state index in [1.54, 1.807) is 19.3 Å². The van der Waals surface area contributed by atoms with Crippen molar-refractivity contribution in [1.82, 2.24) is 9.88 Å². The molecular weight excluding hydrogens is 218 g/mol. The van der Waals surface area contributed by atoms with Gasteiger partial charge in [-0.3, -0.25) is 4.79 Å². The van der Waals surface area contributed by atoms with Gasteiger partial charge in [0.25, 0.3) is 5.91 Å². The molecule has 0 bridgehead atoms. The normalized spacial score (nSPS) is 14.5. The number of pyridine rings is 1. The Bertz CT molecular complexity index is 387. The van der Waals surface area contributed by atoms with E-state index in [9.17, 15) is 4.79 Å². The highest BCUT2D eigenvalue weighted by Crippen LogP contribution is 2.23. The van der Waals surface area contributed by atoms with Gasteiger partial charge >= 0.3 is 0 Å². The molecule has 17 heavy (non-hydrogen) atoms. The molecule has 1 fully saturated rings. The molecule has 2 rings (SSSR count). The number of hydrogen-bond donors (Lipinski definition) is 2. The van der Waals surface area contributed by atoms with Crippen molar-refractivity contribution in [2.75, 3.05) is 25.5 Å². The summed E-state index contributed by atoms with van der Waals surface area (Å²) < 4.78 is 0. The van der Waals surface area contributed by atoms with Crippen LogP contribution in [-0.2, 0) is 0 Å². The molecule has 0 aliphatic heterocycles. The second-order valence-electron chi connectivity index (χ2n) is 4.30. The lowest BCUT2D eigenvalue weighted by atomic mass is 10.2. The topological polar surface area (TPSA) is 65.5 Å². The first-order valence-electron chi connectivity index (χ1n) is 5.79. The van der Waals surface area contributed by atoms with Crippen LogP contribution in [0.5, 0.6) is 0 Å². The van der Waals surface area contributed by atoms with Gasteiger partial charge in [-0.25, -0.2) is 4.98 Å². The standard InChI is InChI=1S/C12H17N3O2/c1-15(6-7-16)12(17)9-2-5-11(13-8-9)14-10-3-4-10/h2,5,8,10,16H,3-4,6-7H2,1H3,(H,13,14). The van der Waals surface area contributed by atoms with E-state index >= 15 is 0 Å². The maximum Gasteiger partial charge on any atom is 0.255 e. The van der Waals surface area contributed by atoms with Crippen LogP contribution in [0, 0.1) is 0 Å². The van der Waals surface area contributed by atoms with Gasteiger partial charge in [-0.2, -0.15) is 0 Å². The number of rotatable bonds is 5. The molecule has 1 amide bonds. The average Bonchev–Trinajstić information content (AvgIpc) is 3.13. The Morgan fingerprint density at radius 3 is 2.88 bits per heavy atom. The first-order valence-corrected chi connectivity index (χ1v) is 5.79. The molecule has 1 aliphatic carbocycles. The lowest BCUT2D eigenvalue weighted by molar-refractivity contribution is 0.0766. The molecule has 1 aromatic rings. The van der Waals surface area contributed by atoms with E-state index < -0.39 is 0 Å². The summed E-state index contributed by atoms with van der Waals surface area (Å²) in [6.45, 7) is 0.303. The molecular formula is C12H17N3O2. The van der Waals surface area contributed by atoms with Crippen LogP contribution >= 0.6 is 0 Å². The highest BCUT2D eigenvalue weighted by atomic mass is 16.3. The van der Waals surface area contributed by atoms with Crippen molar-refractivity contribution in [3.63, 3.8) is 0 Å². The number of aliphatic hydroxyl groups is 1. The summed E-state index contributed by atoms with van der Waals surface area (Å²) in [7, 11) is 1.66. The predicted octanol–water partition coefficient (Wildman–Crippen LogP) is 0.720. The molecule has 0 saturated heterocycles. The molecule has 5 nitrogen and oxygen atoms in total. The number of hydrogen-bond acceptors (Lipinski definition) is 4. The quantitative estimate of drug-likeness (QED) is 0.789. The Kier molecular flexibility index (Phi) is 3.58. The number of anilines is 1. The molecule has 0 atom stereocenters. The van der Waals surface area contributed by atoms with Gasteiger partial charge in [-0.05, 0) is 25.0 Å². The van der Waals surface area contributed by atoms with Crippen molar-refractivity contribution in [1.29, 1.82) is 0 Å². The molecule has 1 saturated carbocycles. The smallest absolute Gasteiger partial charge is 0.255 e. The van der Waals surface area contributed by atoms with Gasteiger partial charge in [0.1, 0.15) is 5.82 Å². The van der Waals surface area contributed by atoms with E-state index in [0.29, 0.717) is 18.2 Å². The van der Waals surface area contributed by atoms with Gasteiger partial charge in [0.15, 0.2) is 0 Å². The molecule has 0 unspecified atom stereocenters. The van der Waals surface area contributed by atoms with Crippen LogP contribution in [-0.4, -0.2) is 47.1 Å². The molecule has 5 heteroatoms. The third-order valence-electron chi connectivity index (χ3n) is 2.72. The first kappa shape index (κ1) is 11.9. The SMILES string of the molecule is CN(CCO)C(=O)c1ccc(NC2CC2)nc1. The Morgan fingerprint density at radius 2 is 2.35 bits per heavy atom. The number of carbonyl (C=O) groups excluding carboxylic acids is 1. The number of likely N-dealkylation sites (N-methyl/N-ethyl adjacent to an activating group) is 1. The van der Waals surface area contributed by atoms with E-state index in [1.807, 2.05) is 6.07 Å². The molecule has 1 aliphatic rings. The zero-order valence-electron chi connectivity index (χ0n) is 9.89. The highest BCUT2D eigenvalue weighted by Gasteiger charge is 2.21.